The summed E-state index contributed by atoms with van der Waals surface area (Å²) in [6, 6.07) is 0. The fourth-order valence-corrected chi connectivity index (χ4v) is 0.670. The van der Waals surface area contributed by atoms with E-state index in [0.717, 1.165) is 5.82 Å². The van der Waals surface area contributed by atoms with Crippen molar-refractivity contribution < 1.29 is 4.52 Å². The molecule has 0 saturated carbocycles. The second kappa shape index (κ2) is 2.24. The zero-order valence-electron chi connectivity index (χ0n) is 5.26. The van der Waals surface area contributed by atoms with Gasteiger partial charge in [0.25, 0.3) is 0 Å². The van der Waals surface area contributed by atoms with E-state index in [1.54, 1.807) is 0 Å². The van der Waals surface area contributed by atoms with E-state index in [2.05, 4.69) is 37.3 Å². The minimum atomic E-state index is -0.0231. The predicted molar refractivity (Wildman–Crippen MR) is 41.3 cm³/mol. The van der Waals surface area contributed by atoms with Crippen LogP contribution in [0.25, 0.3) is 0 Å². The van der Waals surface area contributed by atoms with Crippen LogP contribution in [-0.4, -0.2) is 10.1 Å². The molecule has 9 heavy (non-hydrogen) atoms. The Hall–Kier alpha value is -0.130. The van der Waals surface area contributed by atoms with Gasteiger partial charge in [0.05, 0.1) is 3.42 Å². The Labute approximate surface area is 67.0 Å². The van der Waals surface area contributed by atoms with Gasteiger partial charge in [0.2, 0.25) is 6.39 Å². The monoisotopic (exact) mass is 238 g/mol. The minimum absolute atomic E-state index is 0.0231. The van der Waals surface area contributed by atoms with Gasteiger partial charge in [-0.05, 0) is 13.8 Å². The number of aromatic nitrogens is 2. The van der Waals surface area contributed by atoms with Gasteiger partial charge in [0.15, 0.2) is 5.82 Å². The molecule has 50 valence electrons. The number of nitrogens with zero attached hydrogens (tertiary/aromatic N) is 2. The molecule has 0 aliphatic rings. The Morgan fingerprint density at radius 1 is 1.67 bits per heavy atom. The van der Waals surface area contributed by atoms with Gasteiger partial charge in [0.1, 0.15) is 0 Å². The van der Waals surface area contributed by atoms with Crippen LogP contribution < -0.4 is 0 Å². The molecule has 0 radical (unpaired) electrons. The number of hydrogen-bond donors (Lipinski definition) is 0. The Kier molecular flexibility index (Phi) is 1.74. The molecule has 1 heterocycles. The maximum Gasteiger partial charge on any atom is 0.213 e. The number of rotatable bonds is 1. The van der Waals surface area contributed by atoms with Crippen molar-refractivity contribution in [1.29, 1.82) is 0 Å². The molecule has 0 aliphatic heterocycles. The summed E-state index contributed by atoms with van der Waals surface area (Å²) in [5.74, 6) is 0.739. The first-order valence-electron chi connectivity index (χ1n) is 2.56. The Morgan fingerprint density at radius 3 is 2.56 bits per heavy atom. The summed E-state index contributed by atoms with van der Waals surface area (Å²) in [4.78, 5) is 3.90. The van der Waals surface area contributed by atoms with Gasteiger partial charge in [-0.15, -0.1) is 0 Å². The van der Waals surface area contributed by atoms with Crippen molar-refractivity contribution in [3.05, 3.63) is 12.2 Å². The van der Waals surface area contributed by atoms with Gasteiger partial charge in [-0.25, -0.2) is 0 Å². The third kappa shape index (κ3) is 1.64. The molecular formula is C5H7IN2O. The minimum Gasteiger partial charge on any atom is -0.343 e. The molecule has 0 N–H and O–H groups in total. The lowest BCUT2D eigenvalue weighted by Gasteiger charge is -2.08. The first-order valence-corrected chi connectivity index (χ1v) is 3.64. The fourth-order valence-electron chi connectivity index (χ4n) is 0.433. The molecule has 0 aromatic carbocycles. The molecule has 1 aromatic heterocycles. The second-order valence-electron chi connectivity index (χ2n) is 2.23. The van der Waals surface area contributed by atoms with E-state index in [1.807, 2.05) is 13.8 Å². The lowest BCUT2D eigenvalue weighted by Crippen LogP contribution is -2.08. The summed E-state index contributed by atoms with van der Waals surface area (Å²) < 4.78 is 4.55. The van der Waals surface area contributed by atoms with Gasteiger partial charge in [-0.2, -0.15) is 4.98 Å². The zero-order valence-corrected chi connectivity index (χ0v) is 7.42. The van der Waals surface area contributed by atoms with E-state index in [-0.39, 0.29) is 3.42 Å². The lowest BCUT2D eigenvalue weighted by atomic mass is 10.2. The molecule has 0 aliphatic carbocycles. The van der Waals surface area contributed by atoms with Crippen molar-refractivity contribution in [2.75, 3.05) is 0 Å². The summed E-state index contributed by atoms with van der Waals surface area (Å²) >= 11 is 2.25. The van der Waals surface area contributed by atoms with Crippen LogP contribution in [0.4, 0.5) is 0 Å². The maximum absolute atomic E-state index is 4.58. The Bertz CT molecular complexity index is 177. The molecular weight excluding hydrogens is 231 g/mol. The highest BCUT2D eigenvalue weighted by Crippen LogP contribution is 2.26. The third-order valence-electron chi connectivity index (χ3n) is 0.893. The van der Waals surface area contributed by atoms with Gasteiger partial charge in [-0.3, -0.25) is 0 Å². The van der Waals surface area contributed by atoms with Crippen molar-refractivity contribution in [2.24, 2.45) is 0 Å². The number of halogens is 1. The van der Waals surface area contributed by atoms with E-state index in [0.29, 0.717) is 0 Å². The summed E-state index contributed by atoms with van der Waals surface area (Å²) in [5, 5.41) is 3.69. The normalized spacial score (nSPS) is 11.9. The van der Waals surface area contributed by atoms with E-state index >= 15 is 0 Å². The first kappa shape index (κ1) is 6.98. The summed E-state index contributed by atoms with van der Waals surface area (Å²) in [6.07, 6.45) is 1.34. The van der Waals surface area contributed by atoms with E-state index in [9.17, 15) is 0 Å². The highest BCUT2D eigenvalue weighted by Gasteiger charge is 2.20. The standard InChI is InChI=1S/C5H7IN2O/c1-5(2,6)4-7-3-9-8-4/h3H,1-2H3. The highest BCUT2D eigenvalue weighted by atomic mass is 127. The topological polar surface area (TPSA) is 38.9 Å². The van der Waals surface area contributed by atoms with Crippen LogP contribution in [0.1, 0.15) is 19.7 Å². The van der Waals surface area contributed by atoms with Crippen molar-refractivity contribution in [1.82, 2.24) is 10.1 Å². The molecule has 0 spiro atoms. The molecule has 0 fully saturated rings. The van der Waals surface area contributed by atoms with Gasteiger partial charge >= 0.3 is 0 Å². The fraction of sp³-hybridized carbons (Fsp3) is 0.600. The smallest absolute Gasteiger partial charge is 0.213 e. The molecule has 0 saturated heterocycles. The van der Waals surface area contributed by atoms with Crippen molar-refractivity contribution >= 4 is 22.6 Å². The quantitative estimate of drug-likeness (QED) is 0.552. The molecule has 1 aromatic rings. The molecule has 0 bridgehead atoms. The van der Waals surface area contributed by atoms with Crippen LogP contribution in [0.2, 0.25) is 0 Å². The van der Waals surface area contributed by atoms with Crippen molar-refractivity contribution in [3.63, 3.8) is 0 Å². The van der Waals surface area contributed by atoms with E-state index in [4.69, 9.17) is 0 Å². The van der Waals surface area contributed by atoms with Gasteiger partial charge in [-0.1, -0.05) is 27.7 Å². The molecule has 0 amide bonds. The highest BCUT2D eigenvalue weighted by molar-refractivity contribution is 14.1. The lowest BCUT2D eigenvalue weighted by molar-refractivity contribution is 0.406. The molecule has 4 heteroatoms. The number of hydrogen-bond acceptors (Lipinski definition) is 3. The molecule has 3 nitrogen and oxygen atoms in total. The summed E-state index contributed by atoms with van der Waals surface area (Å²) in [5.41, 5.74) is 0. The van der Waals surface area contributed by atoms with Gasteiger partial charge in [0, 0.05) is 0 Å². The zero-order chi connectivity index (χ0) is 6.91. The SMILES string of the molecule is CC(C)(I)c1ncon1. The van der Waals surface area contributed by atoms with Crippen LogP contribution in [-0.2, 0) is 3.42 Å². The van der Waals surface area contributed by atoms with E-state index in [1.165, 1.54) is 6.39 Å². The maximum atomic E-state index is 4.58. The van der Waals surface area contributed by atoms with E-state index < -0.39 is 0 Å². The van der Waals surface area contributed by atoms with Crippen LogP contribution >= 0.6 is 22.6 Å². The average molecular weight is 238 g/mol. The molecule has 1 rings (SSSR count). The summed E-state index contributed by atoms with van der Waals surface area (Å²) in [7, 11) is 0. The van der Waals surface area contributed by atoms with Crippen LogP contribution in [0, 0.1) is 0 Å². The third-order valence-corrected chi connectivity index (χ3v) is 1.38. The largest absolute Gasteiger partial charge is 0.343 e. The summed E-state index contributed by atoms with van der Waals surface area (Å²) in [6.45, 7) is 4.05. The van der Waals surface area contributed by atoms with Crippen LogP contribution in [0.3, 0.4) is 0 Å². The first-order chi connectivity index (χ1) is 4.11. The second-order valence-corrected chi connectivity index (χ2v) is 4.92. The Morgan fingerprint density at radius 2 is 2.33 bits per heavy atom. The van der Waals surface area contributed by atoms with Crippen LogP contribution in [0.5, 0.6) is 0 Å². The predicted octanol–water partition coefficient (Wildman–Crippen LogP) is 1.74. The molecule has 0 atom stereocenters. The Balaban J connectivity index is 2.90. The average Bonchev–Trinajstić information content (AvgIpc) is 2.08. The van der Waals surface area contributed by atoms with Crippen LogP contribution in [0.15, 0.2) is 10.9 Å². The van der Waals surface area contributed by atoms with Crippen molar-refractivity contribution in [3.8, 4) is 0 Å². The van der Waals surface area contributed by atoms with Gasteiger partial charge < -0.3 is 4.52 Å². The molecule has 0 unspecified atom stereocenters. The number of alkyl halides is 1. The van der Waals surface area contributed by atoms with Crippen molar-refractivity contribution in [2.45, 2.75) is 17.3 Å².